The van der Waals surface area contributed by atoms with Gasteiger partial charge in [-0.3, -0.25) is 9.52 Å². The van der Waals surface area contributed by atoms with E-state index < -0.39 is 16.0 Å². The highest BCUT2D eigenvalue weighted by molar-refractivity contribution is 7.92. The number of rotatable bonds is 7. The van der Waals surface area contributed by atoms with Gasteiger partial charge in [-0.25, -0.2) is 18.2 Å². The summed E-state index contributed by atoms with van der Waals surface area (Å²) in [4.78, 5) is 32.1. The molecule has 0 aliphatic carbocycles. The number of esters is 1. The van der Waals surface area contributed by atoms with Crippen LogP contribution in [0.3, 0.4) is 0 Å². The number of benzene rings is 2. The summed E-state index contributed by atoms with van der Waals surface area (Å²) < 4.78 is 30.1. The monoisotopic (exact) mass is 475 g/mol. The van der Waals surface area contributed by atoms with Gasteiger partial charge in [0.1, 0.15) is 5.65 Å². The third-order valence-corrected chi connectivity index (χ3v) is 5.64. The largest absolute Gasteiger partial charge is 0.466 e. The van der Waals surface area contributed by atoms with Gasteiger partial charge in [-0.05, 0) is 41.5 Å². The molecular weight excluding hydrogens is 454 g/mol. The van der Waals surface area contributed by atoms with Gasteiger partial charge < -0.3 is 9.72 Å². The number of carbonyl (C=O) groups excluding carboxylic acids is 2. The molecule has 0 amide bonds. The number of nitrogens with zero attached hydrogens (tertiary/aromatic N) is 1. The zero-order chi connectivity index (χ0) is 24.3. The van der Waals surface area contributed by atoms with E-state index in [0.717, 1.165) is 22.9 Å². The van der Waals surface area contributed by atoms with Crippen molar-refractivity contribution in [1.82, 2.24) is 9.97 Å². The number of ether oxygens (including phenoxy) is 1. The molecule has 2 aromatic carbocycles. The van der Waals surface area contributed by atoms with Crippen LogP contribution in [0.2, 0.25) is 0 Å². The number of aromatic amines is 1. The number of nitrogens with one attached hydrogen (secondary N) is 2. The smallest absolute Gasteiger partial charge is 0.330 e. The average molecular weight is 476 g/mol. The van der Waals surface area contributed by atoms with Crippen molar-refractivity contribution in [1.29, 1.82) is 0 Å². The van der Waals surface area contributed by atoms with Crippen molar-refractivity contribution >= 4 is 44.6 Å². The first-order chi connectivity index (χ1) is 16.2. The number of sulfonamides is 1. The lowest BCUT2D eigenvalue weighted by Gasteiger charge is -2.07. The molecule has 34 heavy (non-hydrogen) atoms. The van der Waals surface area contributed by atoms with Gasteiger partial charge in [0.25, 0.3) is 0 Å². The first-order valence-electron chi connectivity index (χ1n) is 10.2. The maximum atomic E-state index is 13.2. The Kier molecular flexibility index (Phi) is 6.29. The Morgan fingerprint density at radius 2 is 1.85 bits per heavy atom. The number of H-pyrrole nitrogens is 1. The lowest BCUT2D eigenvalue weighted by Crippen LogP contribution is -2.10. The minimum absolute atomic E-state index is 0.267. The van der Waals surface area contributed by atoms with Crippen molar-refractivity contribution in [2.45, 2.75) is 0 Å². The summed E-state index contributed by atoms with van der Waals surface area (Å²) >= 11 is 0. The Morgan fingerprint density at radius 1 is 1.06 bits per heavy atom. The molecular formula is C25H21N3O5S. The summed E-state index contributed by atoms with van der Waals surface area (Å²) in [6, 6.07) is 15.7. The maximum absolute atomic E-state index is 13.2. The zero-order valence-electron chi connectivity index (χ0n) is 18.4. The second-order valence-corrected chi connectivity index (χ2v) is 9.34. The second kappa shape index (κ2) is 9.32. The predicted molar refractivity (Wildman–Crippen MR) is 131 cm³/mol. The van der Waals surface area contributed by atoms with Crippen LogP contribution in [0.4, 0.5) is 5.69 Å². The number of methoxy groups -OCH3 is 1. The van der Waals surface area contributed by atoms with Crippen LogP contribution < -0.4 is 4.72 Å². The van der Waals surface area contributed by atoms with Crippen LogP contribution in [0.1, 0.15) is 21.5 Å². The summed E-state index contributed by atoms with van der Waals surface area (Å²) in [7, 11) is -2.15. The third-order valence-electron chi connectivity index (χ3n) is 5.04. The molecule has 4 aromatic rings. The van der Waals surface area contributed by atoms with Gasteiger partial charge in [0.15, 0.2) is 5.78 Å². The van der Waals surface area contributed by atoms with Crippen LogP contribution in [-0.4, -0.2) is 43.5 Å². The summed E-state index contributed by atoms with van der Waals surface area (Å²) in [5.74, 6) is -0.711. The van der Waals surface area contributed by atoms with Gasteiger partial charge in [0.05, 0.1) is 13.4 Å². The van der Waals surface area contributed by atoms with Crippen LogP contribution in [0.15, 0.2) is 73.1 Å². The van der Waals surface area contributed by atoms with Crippen LogP contribution in [-0.2, 0) is 19.6 Å². The summed E-state index contributed by atoms with van der Waals surface area (Å²) in [5.41, 5.74) is 4.09. The Hall–Kier alpha value is -4.24. The highest BCUT2D eigenvalue weighted by atomic mass is 32.2. The average Bonchev–Trinajstić information content (AvgIpc) is 3.24. The lowest BCUT2D eigenvalue weighted by atomic mass is 10.00. The molecule has 2 N–H and O–H groups in total. The van der Waals surface area contributed by atoms with E-state index >= 15 is 0 Å². The van der Waals surface area contributed by atoms with Crippen molar-refractivity contribution in [2.24, 2.45) is 0 Å². The van der Waals surface area contributed by atoms with Crippen LogP contribution in [0.25, 0.3) is 28.2 Å². The van der Waals surface area contributed by atoms with Crippen molar-refractivity contribution < 1.29 is 22.7 Å². The van der Waals surface area contributed by atoms with Gasteiger partial charge in [-0.15, -0.1) is 0 Å². The molecule has 0 spiro atoms. The molecule has 2 heterocycles. The number of hydrogen-bond donors (Lipinski definition) is 2. The number of aromatic nitrogens is 2. The molecule has 4 rings (SSSR count). The number of hydrogen-bond acceptors (Lipinski definition) is 6. The van der Waals surface area contributed by atoms with E-state index in [0.29, 0.717) is 27.8 Å². The number of pyridine rings is 1. The third kappa shape index (κ3) is 5.21. The minimum atomic E-state index is -3.47. The van der Waals surface area contributed by atoms with E-state index in [1.54, 1.807) is 36.7 Å². The van der Waals surface area contributed by atoms with Crippen molar-refractivity contribution in [3.8, 4) is 11.1 Å². The fourth-order valence-corrected chi connectivity index (χ4v) is 4.05. The maximum Gasteiger partial charge on any atom is 0.330 e. The molecule has 9 heteroatoms. The van der Waals surface area contributed by atoms with Gasteiger partial charge in [0, 0.05) is 46.2 Å². The lowest BCUT2D eigenvalue weighted by molar-refractivity contribution is -0.134. The van der Waals surface area contributed by atoms with E-state index in [1.165, 1.54) is 19.3 Å². The molecule has 0 bridgehead atoms. The summed E-state index contributed by atoms with van der Waals surface area (Å²) in [6.45, 7) is 0. The van der Waals surface area contributed by atoms with E-state index in [-0.39, 0.29) is 5.78 Å². The molecule has 0 atom stereocenters. The fraction of sp³-hybridized carbons (Fsp3) is 0.0800. The molecule has 0 unspecified atom stereocenters. The highest BCUT2D eigenvalue weighted by Gasteiger charge is 2.17. The Bertz CT molecular complexity index is 1540. The summed E-state index contributed by atoms with van der Waals surface area (Å²) in [5, 5.41) is 0.638. The first-order valence-corrected chi connectivity index (χ1v) is 12.1. The number of fused-ring (bicyclic) bond motifs is 1. The fourth-order valence-electron chi connectivity index (χ4n) is 3.50. The predicted octanol–water partition coefficient (Wildman–Crippen LogP) is 4.02. The first kappa shape index (κ1) is 22.9. The van der Waals surface area contributed by atoms with Gasteiger partial charge in [0.2, 0.25) is 10.0 Å². The Balaban J connectivity index is 1.69. The van der Waals surface area contributed by atoms with E-state index in [2.05, 4.69) is 19.4 Å². The van der Waals surface area contributed by atoms with Gasteiger partial charge in [-0.1, -0.05) is 30.3 Å². The zero-order valence-corrected chi connectivity index (χ0v) is 19.2. The van der Waals surface area contributed by atoms with Crippen LogP contribution in [0.5, 0.6) is 0 Å². The second-order valence-electron chi connectivity index (χ2n) is 7.59. The van der Waals surface area contributed by atoms with E-state index in [9.17, 15) is 18.0 Å². The Labute approximate surface area is 196 Å². The molecule has 0 saturated carbocycles. The van der Waals surface area contributed by atoms with Crippen molar-refractivity contribution in [2.75, 3.05) is 18.1 Å². The van der Waals surface area contributed by atoms with Gasteiger partial charge in [-0.2, -0.15) is 0 Å². The van der Waals surface area contributed by atoms with Crippen LogP contribution in [0, 0.1) is 0 Å². The van der Waals surface area contributed by atoms with E-state index in [4.69, 9.17) is 0 Å². The van der Waals surface area contributed by atoms with Crippen molar-refractivity contribution in [3.63, 3.8) is 0 Å². The van der Waals surface area contributed by atoms with Crippen molar-refractivity contribution in [3.05, 3.63) is 89.8 Å². The van der Waals surface area contributed by atoms with Crippen LogP contribution >= 0.6 is 0 Å². The molecule has 8 nitrogen and oxygen atoms in total. The molecule has 2 aromatic heterocycles. The minimum Gasteiger partial charge on any atom is -0.466 e. The SMILES string of the molecule is COC(=O)/C=C/c1cccc(-c2cnc3[nH]cc(C(=O)c4cccc(NS(C)(=O)=O)c4)c3c2)c1. The molecule has 0 saturated heterocycles. The molecule has 0 aliphatic rings. The number of carbonyl (C=O) groups is 2. The van der Waals surface area contributed by atoms with E-state index in [1.807, 2.05) is 30.3 Å². The Morgan fingerprint density at radius 3 is 2.62 bits per heavy atom. The topological polar surface area (TPSA) is 118 Å². The quantitative estimate of drug-likeness (QED) is 0.237. The number of anilines is 1. The molecule has 0 fully saturated rings. The summed E-state index contributed by atoms with van der Waals surface area (Å²) in [6.07, 6.45) is 7.34. The standard InChI is InChI=1S/C25H21N3O5S/c1-33-23(29)10-9-16-5-3-6-17(11-16)19-13-21-22(15-27-25(21)26-14-19)24(30)18-7-4-8-20(12-18)28-34(2,31)32/h3-15,28H,1-2H3,(H,26,27)/b10-9+. The number of ketones is 1. The molecule has 0 radical (unpaired) electrons. The molecule has 172 valence electrons. The highest BCUT2D eigenvalue weighted by Crippen LogP contribution is 2.27. The molecule has 0 aliphatic heterocycles. The normalized spacial score (nSPS) is 11.6. The van der Waals surface area contributed by atoms with Gasteiger partial charge >= 0.3 is 5.97 Å².